The first-order valence-electron chi connectivity index (χ1n) is 8.06. The first kappa shape index (κ1) is 14.8. The highest BCUT2D eigenvalue weighted by molar-refractivity contribution is 5.54. The fourth-order valence-electron chi connectivity index (χ4n) is 3.17. The molecule has 1 aliphatic carbocycles. The molecule has 0 bridgehead atoms. The smallest absolute Gasteiger partial charge is 0.123 e. The Bertz CT molecular complexity index is 477. The van der Waals surface area contributed by atoms with Crippen molar-refractivity contribution < 1.29 is 4.39 Å². The topological polar surface area (TPSA) is 18.5 Å². The lowest BCUT2D eigenvalue weighted by molar-refractivity contribution is 0.249. The van der Waals surface area contributed by atoms with E-state index in [1.54, 1.807) is 12.1 Å². The summed E-state index contributed by atoms with van der Waals surface area (Å²) in [6, 6.07) is 6.57. The zero-order valence-corrected chi connectivity index (χ0v) is 13.1. The molecule has 0 aromatic heterocycles. The van der Waals surface area contributed by atoms with Crippen molar-refractivity contribution in [3.63, 3.8) is 0 Å². The third-order valence-electron chi connectivity index (χ3n) is 4.74. The van der Waals surface area contributed by atoms with Crippen LogP contribution >= 0.6 is 0 Å². The molecule has 2 aliphatic rings. The van der Waals surface area contributed by atoms with Gasteiger partial charge in [-0.2, -0.15) is 0 Å². The maximum absolute atomic E-state index is 13.6. The van der Waals surface area contributed by atoms with E-state index >= 15 is 0 Å². The SMILES string of the molecule is CN(C)C1CCN(c2ccc(F)cc2CNC2CC2)CC1. The van der Waals surface area contributed by atoms with Gasteiger partial charge in [-0.3, -0.25) is 0 Å². The third kappa shape index (κ3) is 3.74. The molecule has 2 fully saturated rings. The van der Waals surface area contributed by atoms with Crippen LogP contribution in [0.5, 0.6) is 0 Å². The van der Waals surface area contributed by atoms with Crippen LogP contribution in [0, 0.1) is 5.82 Å². The average molecular weight is 291 g/mol. The third-order valence-corrected chi connectivity index (χ3v) is 4.74. The van der Waals surface area contributed by atoms with Crippen molar-refractivity contribution in [1.29, 1.82) is 0 Å². The Kier molecular flexibility index (Phi) is 4.45. The molecular weight excluding hydrogens is 265 g/mol. The summed E-state index contributed by atoms with van der Waals surface area (Å²) < 4.78 is 13.6. The van der Waals surface area contributed by atoms with E-state index in [1.807, 2.05) is 6.07 Å². The Morgan fingerprint density at radius 3 is 2.52 bits per heavy atom. The van der Waals surface area contributed by atoms with Crippen LogP contribution in [0.3, 0.4) is 0 Å². The second-order valence-electron chi connectivity index (χ2n) is 6.61. The molecule has 21 heavy (non-hydrogen) atoms. The highest BCUT2D eigenvalue weighted by Crippen LogP contribution is 2.27. The summed E-state index contributed by atoms with van der Waals surface area (Å²) in [6.07, 6.45) is 4.89. The van der Waals surface area contributed by atoms with Crippen LogP contribution in [0.15, 0.2) is 18.2 Å². The van der Waals surface area contributed by atoms with Crippen LogP contribution in [-0.4, -0.2) is 44.2 Å². The van der Waals surface area contributed by atoms with Crippen molar-refractivity contribution in [3.8, 4) is 0 Å². The van der Waals surface area contributed by atoms with Gasteiger partial charge in [-0.15, -0.1) is 0 Å². The number of halogens is 1. The predicted molar refractivity (Wildman–Crippen MR) is 85.2 cm³/mol. The van der Waals surface area contributed by atoms with Gasteiger partial charge in [-0.05, 0) is 63.5 Å². The predicted octanol–water partition coefficient (Wildman–Crippen LogP) is 2.61. The number of anilines is 1. The molecular formula is C17H26FN3. The number of rotatable bonds is 5. The zero-order valence-electron chi connectivity index (χ0n) is 13.1. The van der Waals surface area contributed by atoms with Gasteiger partial charge in [-0.25, -0.2) is 4.39 Å². The highest BCUT2D eigenvalue weighted by Gasteiger charge is 2.24. The van der Waals surface area contributed by atoms with E-state index in [2.05, 4.69) is 29.2 Å². The fraction of sp³-hybridized carbons (Fsp3) is 0.647. The largest absolute Gasteiger partial charge is 0.371 e. The molecule has 0 spiro atoms. The van der Waals surface area contributed by atoms with Crippen molar-refractivity contribution in [2.24, 2.45) is 0 Å². The van der Waals surface area contributed by atoms with Gasteiger partial charge in [0, 0.05) is 37.4 Å². The van der Waals surface area contributed by atoms with Gasteiger partial charge in [0.2, 0.25) is 0 Å². The molecule has 3 nitrogen and oxygen atoms in total. The highest BCUT2D eigenvalue weighted by atomic mass is 19.1. The molecule has 1 N–H and O–H groups in total. The van der Waals surface area contributed by atoms with E-state index in [9.17, 15) is 4.39 Å². The molecule has 0 unspecified atom stereocenters. The molecule has 1 saturated carbocycles. The summed E-state index contributed by atoms with van der Waals surface area (Å²) in [5.74, 6) is -0.130. The summed E-state index contributed by atoms with van der Waals surface area (Å²) in [4.78, 5) is 4.74. The second kappa shape index (κ2) is 6.32. The van der Waals surface area contributed by atoms with E-state index in [-0.39, 0.29) is 5.82 Å². The van der Waals surface area contributed by atoms with E-state index < -0.39 is 0 Å². The summed E-state index contributed by atoms with van der Waals surface area (Å²) in [5.41, 5.74) is 2.31. The molecule has 1 aromatic carbocycles. The van der Waals surface area contributed by atoms with Crippen LogP contribution in [0.2, 0.25) is 0 Å². The normalized spacial score (nSPS) is 20.3. The van der Waals surface area contributed by atoms with Crippen molar-refractivity contribution in [2.75, 3.05) is 32.1 Å². The molecule has 3 rings (SSSR count). The summed E-state index contributed by atoms with van der Waals surface area (Å²) in [6.45, 7) is 2.90. The van der Waals surface area contributed by atoms with Crippen molar-refractivity contribution >= 4 is 5.69 Å². The second-order valence-corrected chi connectivity index (χ2v) is 6.61. The first-order chi connectivity index (χ1) is 10.1. The molecule has 1 aliphatic heterocycles. The van der Waals surface area contributed by atoms with Gasteiger partial charge in [-0.1, -0.05) is 0 Å². The lowest BCUT2D eigenvalue weighted by Gasteiger charge is -2.37. The maximum atomic E-state index is 13.6. The quantitative estimate of drug-likeness (QED) is 0.899. The lowest BCUT2D eigenvalue weighted by atomic mass is 10.0. The van der Waals surface area contributed by atoms with Crippen LogP contribution < -0.4 is 10.2 Å². The van der Waals surface area contributed by atoms with Gasteiger partial charge in [0.25, 0.3) is 0 Å². The van der Waals surface area contributed by atoms with Gasteiger partial charge in [0.1, 0.15) is 5.82 Å². The zero-order chi connectivity index (χ0) is 14.8. The molecule has 1 aromatic rings. The molecule has 0 amide bonds. The number of nitrogens with one attached hydrogen (secondary N) is 1. The number of benzene rings is 1. The van der Waals surface area contributed by atoms with Gasteiger partial charge >= 0.3 is 0 Å². The Balaban J connectivity index is 1.68. The Morgan fingerprint density at radius 2 is 1.90 bits per heavy atom. The van der Waals surface area contributed by atoms with Crippen molar-refractivity contribution in [3.05, 3.63) is 29.6 Å². The Morgan fingerprint density at radius 1 is 1.19 bits per heavy atom. The number of hydrogen-bond acceptors (Lipinski definition) is 3. The molecule has 0 radical (unpaired) electrons. The molecule has 4 heteroatoms. The first-order valence-corrected chi connectivity index (χ1v) is 8.06. The van der Waals surface area contributed by atoms with Crippen molar-refractivity contribution in [1.82, 2.24) is 10.2 Å². The Labute approximate surface area is 127 Å². The molecule has 0 atom stereocenters. The monoisotopic (exact) mass is 291 g/mol. The maximum Gasteiger partial charge on any atom is 0.123 e. The van der Waals surface area contributed by atoms with E-state index in [1.165, 1.54) is 31.4 Å². The molecule has 1 heterocycles. The van der Waals surface area contributed by atoms with Gasteiger partial charge in [0.15, 0.2) is 0 Å². The number of piperidine rings is 1. The minimum absolute atomic E-state index is 0.130. The minimum atomic E-state index is -0.130. The fourth-order valence-corrected chi connectivity index (χ4v) is 3.17. The summed E-state index contributed by atoms with van der Waals surface area (Å²) in [5, 5.41) is 3.51. The summed E-state index contributed by atoms with van der Waals surface area (Å²) >= 11 is 0. The van der Waals surface area contributed by atoms with Gasteiger partial charge < -0.3 is 15.1 Å². The van der Waals surface area contributed by atoms with Crippen molar-refractivity contribution in [2.45, 2.75) is 44.3 Å². The van der Waals surface area contributed by atoms with E-state index in [0.717, 1.165) is 25.2 Å². The van der Waals surface area contributed by atoms with E-state index in [0.29, 0.717) is 12.1 Å². The van der Waals surface area contributed by atoms with Crippen LogP contribution in [0.1, 0.15) is 31.2 Å². The number of nitrogens with zero attached hydrogens (tertiary/aromatic N) is 2. The van der Waals surface area contributed by atoms with Crippen LogP contribution in [0.25, 0.3) is 0 Å². The van der Waals surface area contributed by atoms with Crippen LogP contribution in [-0.2, 0) is 6.54 Å². The standard InChI is InChI=1S/C17H26FN3/c1-20(2)16-7-9-21(10-8-16)17-6-3-14(18)11-13(17)12-19-15-4-5-15/h3,6,11,15-16,19H,4-5,7-10,12H2,1-2H3. The van der Waals surface area contributed by atoms with Crippen LogP contribution in [0.4, 0.5) is 10.1 Å². The van der Waals surface area contributed by atoms with Gasteiger partial charge in [0.05, 0.1) is 0 Å². The lowest BCUT2D eigenvalue weighted by Crippen LogP contribution is -2.42. The average Bonchev–Trinajstić information content (AvgIpc) is 3.29. The summed E-state index contributed by atoms with van der Waals surface area (Å²) in [7, 11) is 4.31. The van der Waals surface area contributed by atoms with E-state index in [4.69, 9.17) is 0 Å². The Hall–Kier alpha value is -1.13. The molecule has 116 valence electrons. The minimum Gasteiger partial charge on any atom is -0.371 e. The molecule has 1 saturated heterocycles. The number of hydrogen-bond donors (Lipinski definition) is 1.